The highest BCUT2D eigenvalue weighted by atomic mass is 32.1. The van der Waals surface area contributed by atoms with Gasteiger partial charge in [0.1, 0.15) is 0 Å². The van der Waals surface area contributed by atoms with E-state index in [1.54, 1.807) is 11.3 Å². The molecule has 2 heterocycles. The predicted octanol–water partition coefficient (Wildman–Crippen LogP) is 3.33. The Morgan fingerprint density at radius 3 is 2.69 bits per heavy atom. The van der Waals surface area contributed by atoms with Crippen molar-refractivity contribution in [3.63, 3.8) is 0 Å². The molecule has 0 spiro atoms. The number of rotatable bonds is 7. The van der Waals surface area contributed by atoms with Crippen LogP contribution in [0.25, 0.3) is 0 Å². The summed E-state index contributed by atoms with van der Waals surface area (Å²) in [6.45, 7) is 7.86. The molecule has 0 amide bonds. The van der Waals surface area contributed by atoms with Gasteiger partial charge in [-0.2, -0.15) is 0 Å². The molecule has 0 unspecified atom stereocenters. The third-order valence-electron chi connectivity index (χ3n) is 4.55. The lowest BCUT2D eigenvalue weighted by Crippen LogP contribution is -2.40. The van der Waals surface area contributed by atoms with Crippen LogP contribution >= 0.6 is 23.6 Å². The highest BCUT2D eigenvalue weighted by Gasteiger charge is 2.16. The van der Waals surface area contributed by atoms with Gasteiger partial charge in [-0.3, -0.25) is 4.90 Å². The number of thiophene rings is 1. The Labute approximate surface area is 165 Å². The normalized spacial score (nSPS) is 16.2. The number of nitrogens with one attached hydrogen (secondary N) is 2. The lowest BCUT2D eigenvalue weighted by atomic mass is 10.0. The van der Waals surface area contributed by atoms with Gasteiger partial charge < -0.3 is 15.4 Å². The van der Waals surface area contributed by atoms with Gasteiger partial charge in [-0.1, -0.05) is 35.9 Å². The molecular formula is C20H27N3OS2. The first-order valence-corrected chi connectivity index (χ1v) is 10.5. The van der Waals surface area contributed by atoms with Crippen LogP contribution in [0.1, 0.15) is 28.5 Å². The van der Waals surface area contributed by atoms with Crippen LogP contribution in [0.4, 0.5) is 0 Å². The lowest BCUT2D eigenvalue weighted by Gasteiger charge is -2.26. The van der Waals surface area contributed by atoms with Crippen LogP contribution in [0.3, 0.4) is 0 Å². The average molecular weight is 390 g/mol. The zero-order valence-electron chi connectivity index (χ0n) is 15.2. The van der Waals surface area contributed by atoms with Gasteiger partial charge in [-0.15, -0.1) is 11.3 Å². The minimum atomic E-state index is 0.0924. The van der Waals surface area contributed by atoms with E-state index < -0.39 is 0 Å². The second-order valence-corrected chi connectivity index (χ2v) is 7.95. The van der Waals surface area contributed by atoms with Crippen LogP contribution in [-0.4, -0.2) is 49.4 Å². The maximum atomic E-state index is 5.55. The second-order valence-electron chi connectivity index (χ2n) is 6.57. The van der Waals surface area contributed by atoms with Crippen molar-refractivity contribution in [2.75, 3.05) is 39.4 Å². The molecule has 2 aromatic rings. The molecule has 0 radical (unpaired) electrons. The quantitative estimate of drug-likeness (QED) is 0.561. The van der Waals surface area contributed by atoms with E-state index >= 15 is 0 Å². The molecule has 0 aliphatic carbocycles. The number of hydrogen-bond acceptors (Lipinski definition) is 4. The SMILES string of the molecule is Cc1ccc([C@H](NC(=S)NCCCN2CCOCC2)c2cccs2)cc1. The summed E-state index contributed by atoms with van der Waals surface area (Å²) >= 11 is 7.30. The number of morpholine rings is 1. The van der Waals surface area contributed by atoms with Crippen molar-refractivity contribution < 1.29 is 4.74 Å². The minimum absolute atomic E-state index is 0.0924. The molecule has 26 heavy (non-hydrogen) atoms. The van der Waals surface area contributed by atoms with Crippen molar-refractivity contribution in [2.24, 2.45) is 0 Å². The zero-order valence-corrected chi connectivity index (χ0v) is 16.9. The van der Waals surface area contributed by atoms with Gasteiger partial charge in [0.2, 0.25) is 0 Å². The summed E-state index contributed by atoms with van der Waals surface area (Å²) in [4.78, 5) is 3.72. The fourth-order valence-electron chi connectivity index (χ4n) is 3.04. The number of thiocarbonyl (C=S) groups is 1. The molecule has 3 rings (SSSR count). The molecule has 1 aromatic carbocycles. The minimum Gasteiger partial charge on any atom is -0.379 e. The molecule has 1 fully saturated rings. The summed E-state index contributed by atoms with van der Waals surface area (Å²) in [5.41, 5.74) is 2.50. The second kappa shape index (κ2) is 10.0. The van der Waals surface area contributed by atoms with Gasteiger partial charge in [-0.05, 0) is 49.1 Å². The molecule has 0 bridgehead atoms. The highest BCUT2D eigenvalue weighted by Crippen LogP contribution is 2.26. The van der Waals surface area contributed by atoms with Crippen molar-refractivity contribution in [2.45, 2.75) is 19.4 Å². The molecule has 1 aromatic heterocycles. The molecule has 6 heteroatoms. The largest absolute Gasteiger partial charge is 0.379 e. The third kappa shape index (κ3) is 5.77. The smallest absolute Gasteiger partial charge is 0.167 e. The summed E-state index contributed by atoms with van der Waals surface area (Å²) < 4.78 is 5.39. The molecule has 1 aliphatic heterocycles. The van der Waals surface area contributed by atoms with Crippen molar-refractivity contribution in [1.82, 2.24) is 15.5 Å². The van der Waals surface area contributed by atoms with Gasteiger partial charge in [0.15, 0.2) is 5.11 Å². The molecule has 2 N–H and O–H groups in total. The maximum Gasteiger partial charge on any atom is 0.167 e. The number of nitrogens with zero attached hydrogens (tertiary/aromatic N) is 1. The topological polar surface area (TPSA) is 36.5 Å². The number of aryl methyl sites for hydroxylation is 1. The van der Waals surface area contributed by atoms with Crippen molar-refractivity contribution in [3.05, 3.63) is 57.8 Å². The van der Waals surface area contributed by atoms with Crippen LogP contribution in [-0.2, 0) is 4.74 Å². The van der Waals surface area contributed by atoms with Crippen molar-refractivity contribution in [1.29, 1.82) is 0 Å². The van der Waals surface area contributed by atoms with Crippen molar-refractivity contribution >= 4 is 28.7 Å². The Balaban J connectivity index is 1.50. The van der Waals surface area contributed by atoms with Gasteiger partial charge in [-0.25, -0.2) is 0 Å². The molecular weight excluding hydrogens is 362 g/mol. The van der Waals surface area contributed by atoms with E-state index in [0.717, 1.165) is 45.8 Å². The van der Waals surface area contributed by atoms with E-state index in [1.165, 1.54) is 16.0 Å². The van der Waals surface area contributed by atoms with Crippen LogP contribution < -0.4 is 10.6 Å². The number of benzene rings is 1. The Hall–Kier alpha value is -1.47. The fourth-order valence-corrected chi connectivity index (χ4v) is 4.07. The van der Waals surface area contributed by atoms with E-state index in [0.29, 0.717) is 5.11 Å². The molecule has 0 saturated carbocycles. The van der Waals surface area contributed by atoms with Gasteiger partial charge >= 0.3 is 0 Å². The first kappa shape index (κ1) is 19.3. The summed E-state index contributed by atoms with van der Waals surface area (Å²) in [6, 6.07) is 13.0. The summed E-state index contributed by atoms with van der Waals surface area (Å²) in [6.07, 6.45) is 1.08. The predicted molar refractivity (Wildman–Crippen MR) is 113 cm³/mol. The average Bonchev–Trinajstić information content (AvgIpc) is 3.19. The molecule has 1 aliphatic rings. The van der Waals surface area contributed by atoms with E-state index in [-0.39, 0.29) is 6.04 Å². The van der Waals surface area contributed by atoms with Crippen LogP contribution in [0, 0.1) is 6.92 Å². The van der Waals surface area contributed by atoms with E-state index in [4.69, 9.17) is 17.0 Å². The number of hydrogen-bond donors (Lipinski definition) is 2. The van der Waals surface area contributed by atoms with E-state index in [2.05, 4.69) is 64.2 Å². The van der Waals surface area contributed by atoms with Crippen LogP contribution in [0.5, 0.6) is 0 Å². The van der Waals surface area contributed by atoms with Crippen molar-refractivity contribution in [3.8, 4) is 0 Å². The van der Waals surface area contributed by atoms with Gasteiger partial charge in [0.05, 0.1) is 19.3 Å². The van der Waals surface area contributed by atoms with Crippen LogP contribution in [0.15, 0.2) is 41.8 Å². The first-order valence-electron chi connectivity index (χ1n) is 9.17. The Bertz CT molecular complexity index is 667. The lowest BCUT2D eigenvalue weighted by molar-refractivity contribution is 0.0376. The van der Waals surface area contributed by atoms with E-state index in [9.17, 15) is 0 Å². The number of ether oxygens (including phenoxy) is 1. The Morgan fingerprint density at radius 2 is 2.00 bits per heavy atom. The Morgan fingerprint density at radius 1 is 1.23 bits per heavy atom. The standard InChI is InChI=1S/C20H27N3OS2/c1-16-5-7-17(8-6-16)19(18-4-2-15-26-18)22-20(25)21-9-3-10-23-11-13-24-14-12-23/h2,4-8,15,19H,3,9-14H2,1H3,(H2,21,22,25)/t19-/m0/s1. The van der Waals surface area contributed by atoms with Gasteiger partial charge in [0, 0.05) is 24.5 Å². The van der Waals surface area contributed by atoms with Crippen LogP contribution in [0.2, 0.25) is 0 Å². The van der Waals surface area contributed by atoms with Gasteiger partial charge in [0.25, 0.3) is 0 Å². The molecule has 4 nitrogen and oxygen atoms in total. The third-order valence-corrected chi connectivity index (χ3v) is 5.75. The fraction of sp³-hybridized carbons (Fsp3) is 0.450. The molecule has 1 saturated heterocycles. The Kier molecular flexibility index (Phi) is 7.43. The molecule has 1 atom stereocenters. The summed E-state index contributed by atoms with van der Waals surface area (Å²) in [5.74, 6) is 0. The zero-order chi connectivity index (χ0) is 18.2. The molecule has 140 valence electrons. The summed E-state index contributed by atoms with van der Waals surface area (Å²) in [5, 5.41) is 9.68. The maximum absolute atomic E-state index is 5.55. The highest BCUT2D eigenvalue weighted by molar-refractivity contribution is 7.80. The summed E-state index contributed by atoms with van der Waals surface area (Å²) in [7, 11) is 0. The first-order chi connectivity index (χ1) is 12.7. The van der Waals surface area contributed by atoms with E-state index in [1.807, 2.05) is 0 Å². The monoisotopic (exact) mass is 389 g/mol.